The van der Waals surface area contributed by atoms with Crippen LogP contribution in [-0.4, -0.2) is 18.7 Å². The molecule has 6 heteroatoms. The fraction of sp³-hybridized carbons (Fsp3) is 0.111. The highest BCUT2D eigenvalue weighted by atomic mass is 79.9. The van der Waals surface area contributed by atoms with Crippen LogP contribution in [0.25, 0.3) is 0 Å². The molecule has 80 valence electrons. The fourth-order valence-electron chi connectivity index (χ4n) is 0.981. The summed E-state index contributed by atoms with van der Waals surface area (Å²) in [6.07, 6.45) is 1.43. The van der Waals surface area contributed by atoms with Crippen LogP contribution in [0, 0.1) is 0 Å². The Hall–Kier alpha value is -1.56. The van der Waals surface area contributed by atoms with Crippen LogP contribution in [0.5, 0.6) is 5.75 Å². The molecule has 0 bridgehead atoms. The van der Waals surface area contributed by atoms with Crippen molar-refractivity contribution in [1.82, 2.24) is 0 Å². The number of hydrogen-bond donors (Lipinski definition) is 2. The van der Waals surface area contributed by atoms with Gasteiger partial charge in [0, 0.05) is 10.0 Å². The quantitative estimate of drug-likeness (QED) is 0.478. The summed E-state index contributed by atoms with van der Waals surface area (Å²) in [5.74, 6) is 5.01. The van der Waals surface area contributed by atoms with E-state index in [0.29, 0.717) is 11.3 Å². The Labute approximate surface area is 95.2 Å². The Bertz CT molecular complexity index is 393. The monoisotopic (exact) mass is 271 g/mol. The van der Waals surface area contributed by atoms with Crippen LogP contribution >= 0.6 is 15.9 Å². The summed E-state index contributed by atoms with van der Waals surface area (Å²) in [5, 5.41) is 3.39. The molecule has 0 aliphatic rings. The Morgan fingerprint density at radius 1 is 1.60 bits per heavy atom. The predicted molar refractivity (Wildman–Crippen MR) is 60.6 cm³/mol. The molecule has 0 unspecified atom stereocenters. The molecule has 4 N–H and O–H groups in total. The van der Waals surface area contributed by atoms with Gasteiger partial charge in [-0.2, -0.15) is 5.10 Å². The number of benzene rings is 1. The van der Waals surface area contributed by atoms with Crippen LogP contribution in [-0.2, 0) is 4.79 Å². The number of hydrazone groups is 1. The zero-order chi connectivity index (χ0) is 11.3. The van der Waals surface area contributed by atoms with Gasteiger partial charge in [-0.15, -0.1) is 0 Å². The molecular weight excluding hydrogens is 262 g/mol. The van der Waals surface area contributed by atoms with E-state index in [1.165, 1.54) is 6.21 Å². The largest absolute Gasteiger partial charge is 0.483 e. The van der Waals surface area contributed by atoms with Crippen molar-refractivity contribution in [3.8, 4) is 5.75 Å². The van der Waals surface area contributed by atoms with Gasteiger partial charge >= 0.3 is 0 Å². The molecule has 0 heterocycles. The van der Waals surface area contributed by atoms with Crippen molar-refractivity contribution in [3.63, 3.8) is 0 Å². The van der Waals surface area contributed by atoms with Crippen LogP contribution in [0.3, 0.4) is 0 Å². The Kier molecular flexibility index (Phi) is 4.11. The maximum Gasteiger partial charge on any atom is 0.255 e. The third-order valence-electron chi connectivity index (χ3n) is 1.56. The number of hydrogen-bond acceptors (Lipinski definition) is 4. The number of primary amides is 1. The van der Waals surface area contributed by atoms with Gasteiger partial charge in [0.05, 0.1) is 6.21 Å². The molecule has 0 aromatic heterocycles. The first kappa shape index (κ1) is 11.5. The number of carbonyl (C=O) groups is 1. The first-order valence-electron chi connectivity index (χ1n) is 4.07. The highest BCUT2D eigenvalue weighted by Gasteiger charge is 2.04. The molecule has 5 nitrogen and oxygen atoms in total. The lowest BCUT2D eigenvalue weighted by molar-refractivity contribution is -0.119. The van der Waals surface area contributed by atoms with E-state index in [2.05, 4.69) is 21.0 Å². The van der Waals surface area contributed by atoms with Crippen molar-refractivity contribution < 1.29 is 9.53 Å². The van der Waals surface area contributed by atoms with E-state index in [9.17, 15) is 4.79 Å². The summed E-state index contributed by atoms with van der Waals surface area (Å²) in [5.41, 5.74) is 5.64. The summed E-state index contributed by atoms with van der Waals surface area (Å²) >= 11 is 3.30. The summed E-state index contributed by atoms with van der Waals surface area (Å²) in [4.78, 5) is 10.5. The smallest absolute Gasteiger partial charge is 0.255 e. The van der Waals surface area contributed by atoms with Crippen molar-refractivity contribution >= 4 is 28.1 Å². The first-order chi connectivity index (χ1) is 7.13. The Morgan fingerprint density at radius 3 is 2.93 bits per heavy atom. The number of nitrogens with zero attached hydrogens (tertiary/aromatic N) is 1. The molecule has 0 aliphatic carbocycles. The second-order valence-corrected chi connectivity index (χ2v) is 3.63. The van der Waals surface area contributed by atoms with E-state index in [4.69, 9.17) is 16.3 Å². The lowest BCUT2D eigenvalue weighted by Crippen LogP contribution is -2.20. The number of nitrogens with two attached hydrogens (primary N) is 2. The minimum atomic E-state index is -0.534. The zero-order valence-electron chi connectivity index (χ0n) is 7.81. The first-order valence-corrected chi connectivity index (χ1v) is 4.86. The normalized spacial score (nSPS) is 10.5. The van der Waals surface area contributed by atoms with Crippen molar-refractivity contribution in [2.75, 3.05) is 6.61 Å². The van der Waals surface area contributed by atoms with E-state index in [1.54, 1.807) is 18.2 Å². The van der Waals surface area contributed by atoms with Crippen molar-refractivity contribution in [2.24, 2.45) is 16.7 Å². The number of amides is 1. The van der Waals surface area contributed by atoms with Gasteiger partial charge in [-0.1, -0.05) is 15.9 Å². The van der Waals surface area contributed by atoms with Crippen LogP contribution in [0.1, 0.15) is 5.56 Å². The van der Waals surface area contributed by atoms with Gasteiger partial charge in [0.1, 0.15) is 5.75 Å². The second-order valence-electron chi connectivity index (χ2n) is 2.72. The number of carbonyl (C=O) groups excluding carboxylic acids is 1. The van der Waals surface area contributed by atoms with E-state index in [0.717, 1.165) is 4.47 Å². The highest BCUT2D eigenvalue weighted by molar-refractivity contribution is 9.10. The van der Waals surface area contributed by atoms with Crippen LogP contribution in [0.4, 0.5) is 0 Å². The molecule has 1 amide bonds. The van der Waals surface area contributed by atoms with E-state index in [1.807, 2.05) is 0 Å². The standard InChI is InChI=1S/C9H10BrN3O2/c10-7-1-2-8(15-5-9(11)14)6(3-7)4-13-12/h1-4H,5,12H2,(H2,11,14). The minimum Gasteiger partial charge on any atom is -0.483 e. The summed E-state index contributed by atoms with van der Waals surface area (Å²) in [6.45, 7) is -0.174. The molecule has 1 aromatic rings. The molecule has 1 rings (SSSR count). The van der Waals surface area contributed by atoms with E-state index < -0.39 is 5.91 Å². The Morgan fingerprint density at radius 2 is 2.33 bits per heavy atom. The van der Waals surface area contributed by atoms with Gasteiger partial charge in [-0.05, 0) is 18.2 Å². The van der Waals surface area contributed by atoms with Gasteiger partial charge in [0.2, 0.25) is 0 Å². The number of ether oxygens (including phenoxy) is 1. The third-order valence-corrected chi connectivity index (χ3v) is 2.05. The summed E-state index contributed by atoms with van der Waals surface area (Å²) in [7, 11) is 0. The molecule has 0 saturated carbocycles. The van der Waals surface area contributed by atoms with Crippen LogP contribution in [0.15, 0.2) is 27.8 Å². The number of rotatable bonds is 4. The maximum absolute atomic E-state index is 10.5. The molecule has 0 spiro atoms. The lowest BCUT2D eigenvalue weighted by Gasteiger charge is -2.07. The average Bonchev–Trinajstić information content (AvgIpc) is 2.17. The summed E-state index contributed by atoms with van der Waals surface area (Å²) < 4.78 is 6.03. The third kappa shape index (κ3) is 3.59. The topological polar surface area (TPSA) is 90.7 Å². The van der Waals surface area contributed by atoms with Gasteiger partial charge in [-0.3, -0.25) is 4.79 Å². The molecule has 0 atom stereocenters. The van der Waals surface area contributed by atoms with Gasteiger partial charge in [0.15, 0.2) is 6.61 Å². The van der Waals surface area contributed by atoms with Crippen LogP contribution in [0.2, 0.25) is 0 Å². The van der Waals surface area contributed by atoms with Crippen molar-refractivity contribution in [1.29, 1.82) is 0 Å². The average molecular weight is 272 g/mol. The lowest BCUT2D eigenvalue weighted by atomic mass is 10.2. The maximum atomic E-state index is 10.5. The van der Waals surface area contributed by atoms with Gasteiger partial charge < -0.3 is 16.3 Å². The number of halogens is 1. The predicted octanol–water partition coefficient (Wildman–Crippen LogP) is 0.606. The second kappa shape index (κ2) is 5.35. The van der Waals surface area contributed by atoms with E-state index >= 15 is 0 Å². The van der Waals surface area contributed by atoms with Gasteiger partial charge in [-0.25, -0.2) is 0 Å². The molecule has 0 fully saturated rings. The van der Waals surface area contributed by atoms with Crippen molar-refractivity contribution in [3.05, 3.63) is 28.2 Å². The highest BCUT2D eigenvalue weighted by Crippen LogP contribution is 2.21. The fourth-order valence-corrected chi connectivity index (χ4v) is 1.36. The molecule has 0 saturated heterocycles. The molecule has 15 heavy (non-hydrogen) atoms. The van der Waals surface area contributed by atoms with Gasteiger partial charge in [0.25, 0.3) is 5.91 Å². The molecule has 0 radical (unpaired) electrons. The molecule has 0 aliphatic heterocycles. The molecular formula is C9H10BrN3O2. The minimum absolute atomic E-state index is 0.174. The zero-order valence-corrected chi connectivity index (χ0v) is 9.40. The van der Waals surface area contributed by atoms with Crippen LogP contribution < -0.4 is 16.3 Å². The van der Waals surface area contributed by atoms with Crippen molar-refractivity contribution in [2.45, 2.75) is 0 Å². The molecule has 1 aromatic carbocycles. The van der Waals surface area contributed by atoms with E-state index in [-0.39, 0.29) is 6.61 Å². The summed E-state index contributed by atoms with van der Waals surface area (Å²) in [6, 6.07) is 5.25. The SMILES string of the molecule is NN=Cc1cc(Br)ccc1OCC(N)=O. The Balaban J connectivity index is 2.90.